The van der Waals surface area contributed by atoms with Crippen molar-refractivity contribution in [3.63, 3.8) is 0 Å². The van der Waals surface area contributed by atoms with Crippen LogP contribution in [0.5, 0.6) is 23.0 Å². The first-order valence-corrected chi connectivity index (χ1v) is 15.6. The predicted molar refractivity (Wildman–Crippen MR) is 164 cm³/mol. The lowest BCUT2D eigenvalue weighted by Crippen LogP contribution is -2.62. The first kappa shape index (κ1) is 36.2. The molecule has 3 fully saturated rings. The van der Waals surface area contributed by atoms with Gasteiger partial charge in [-0.1, -0.05) is 0 Å². The van der Waals surface area contributed by atoms with Crippen molar-refractivity contribution >= 4 is 11.0 Å². The molecule has 3 aliphatic heterocycles. The second-order valence-electron chi connectivity index (χ2n) is 12.4. The van der Waals surface area contributed by atoms with E-state index in [1.165, 1.54) is 44.2 Å². The fraction of sp³-hybridized carbons (Fsp3) is 0.531. The molecule has 18 nitrogen and oxygen atoms in total. The van der Waals surface area contributed by atoms with E-state index < -0.39 is 108 Å². The van der Waals surface area contributed by atoms with Gasteiger partial charge < -0.3 is 83.9 Å². The Kier molecular flexibility index (Phi) is 10.3. The van der Waals surface area contributed by atoms with E-state index in [9.17, 15) is 55.9 Å². The number of phenols is 2. The topological polar surface area (TPSA) is 288 Å². The SMILES string of the molecule is C[C@@H]1O[C@@H](Oc2cc(O)c3c(=O)c(O[C@@H]4O[C@@H](C)[C@H](O[C@H]5OC[C@H](O)[C@@H](O)[C@H]5O)[C@@H](O)[C@@H]4O)c(-c4ccc(O)cc4)oc3c2)[C@@H](O)[C@H](O)[C@H]1O. The van der Waals surface area contributed by atoms with E-state index in [0.717, 1.165) is 6.07 Å². The summed E-state index contributed by atoms with van der Waals surface area (Å²) in [6.07, 6.45) is -21.1. The van der Waals surface area contributed by atoms with Crippen LogP contribution in [0, 0.1) is 0 Å². The van der Waals surface area contributed by atoms with Gasteiger partial charge in [0.2, 0.25) is 23.8 Å². The summed E-state index contributed by atoms with van der Waals surface area (Å²) in [4.78, 5) is 14.0. The Labute approximate surface area is 282 Å². The van der Waals surface area contributed by atoms with E-state index in [1.54, 1.807) is 0 Å². The van der Waals surface area contributed by atoms with Crippen LogP contribution in [0.1, 0.15) is 13.8 Å². The number of hydrogen-bond acceptors (Lipinski definition) is 18. The van der Waals surface area contributed by atoms with Crippen LogP contribution in [0.2, 0.25) is 0 Å². The Bertz CT molecular complexity index is 1710. The molecule has 0 radical (unpaired) electrons. The zero-order valence-electron chi connectivity index (χ0n) is 26.5. The van der Waals surface area contributed by atoms with Crippen molar-refractivity contribution in [2.45, 2.75) is 99.9 Å². The molecule has 2 aromatic carbocycles. The fourth-order valence-electron chi connectivity index (χ4n) is 5.94. The number of aliphatic hydroxyl groups excluding tert-OH is 8. The molecule has 0 saturated carbocycles. The van der Waals surface area contributed by atoms with E-state index in [0.29, 0.717) is 0 Å². The molecule has 50 heavy (non-hydrogen) atoms. The number of aromatic hydroxyl groups is 2. The van der Waals surface area contributed by atoms with Gasteiger partial charge in [-0.3, -0.25) is 4.79 Å². The first-order chi connectivity index (χ1) is 23.7. The average Bonchev–Trinajstić information content (AvgIpc) is 3.08. The highest BCUT2D eigenvalue weighted by Gasteiger charge is 2.49. The van der Waals surface area contributed by atoms with Crippen LogP contribution in [0.4, 0.5) is 0 Å². The van der Waals surface area contributed by atoms with E-state index in [-0.39, 0.29) is 35.0 Å². The number of benzene rings is 2. The summed E-state index contributed by atoms with van der Waals surface area (Å²) in [6.45, 7) is 2.50. The second-order valence-corrected chi connectivity index (χ2v) is 12.4. The molecule has 1 aromatic heterocycles. The zero-order chi connectivity index (χ0) is 36.2. The van der Waals surface area contributed by atoms with Crippen molar-refractivity contribution in [1.82, 2.24) is 0 Å². The fourth-order valence-corrected chi connectivity index (χ4v) is 5.94. The van der Waals surface area contributed by atoms with Crippen molar-refractivity contribution in [2.24, 2.45) is 0 Å². The van der Waals surface area contributed by atoms with Crippen molar-refractivity contribution < 1.29 is 83.9 Å². The predicted octanol–water partition coefficient (Wildman–Crippen LogP) is -2.25. The number of hydrogen-bond donors (Lipinski definition) is 10. The van der Waals surface area contributed by atoms with Gasteiger partial charge in [0, 0.05) is 17.7 Å². The zero-order valence-corrected chi connectivity index (χ0v) is 26.5. The summed E-state index contributed by atoms with van der Waals surface area (Å²) in [5, 5.41) is 103. The standard InChI is InChI=1S/C32H38O18/c1-10-19(36)22(39)25(42)31(45-10)47-14-7-15(34)18-17(8-14)48-28(12-3-5-13(33)6-4-12)29(21(18)38)50-32-26(43)23(40)27(11(2)46-32)49-30-24(41)20(37)16(35)9-44-30/h3-8,10-11,16,19-20,22-27,30-37,39-43H,9H2,1-2H3/t10-,11-,16-,19-,20+,22+,23-,24+,25-,26-,27-,30+,31-,32-/m0/s1. The van der Waals surface area contributed by atoms with Crippen molar-refractivity contribution in [2.75, 3.05) is 6.61 Å². The summed E-state index contributed by atoms with van der Waals surface area (Å²) in [5.74, 6) is -1.79. The number of aliphatic hydroxyl groups is 8. The number of fused-ring (bicyclic) bond motifs is 1. The lowest BCUT2D eigenvalue weighted by atomic mass is 9.99. The first-order valence-electron chi connectivity index (χ1n) is 15.6. The van der Waals surface area contributed by atoms with E-state index in [2.05, 4.69) is 0 Å². The smallest absolute Gasteiger partial charge is 0.239 e. The van der Waals surface area contributed by atoms with Gasteiger partial charge >= 0.3 is 0 Å². The Morgan fingerprint density at radius 1 is 0.700 bits per heavy atom. The summed E-state index contributed by atoms with van der Waals surface area (Å²) in [7, 11) is 0. The van der Waals surface area contributed by atoms with Crippen LogP contribution in [-0.4, -0.2) is 144 Å². The van der Waals surface area contributed by atoms with Crippen LogP contribution < -0.4 is 14.9 Å². The molecule has 18 heteroatoms. The molecule has 10 N–H and O–H groups in total. The lowest BCUT2D eigenvalue weighted by molar-refractivity contribution is -0.334. The minimum absolute atomic E-state index is 0.122. The van der Waals surface area contributed by atoms with Crippen LogP contribution in [-0.2, 0) is 18.9 Å². The average molecular weight is 711 g/mol. The second kappa shape index (κ2) is 14.2. The van der Waals surface area contributed by atoms with E-state index in [4.69, 9.17) is 32.8 Å². The van der Waals surface area contributed by atoms with Crippen LogP contribution >= 0.6 is 0 Å². The number of phenolic OH excluding ortho intramolecular Hbond substituents is 2. The van der Waals surface area contributed by atoms with Gasteiger partial charge in [-0.05, 0) is 38.1 Å². The molecule has 4 heterocycles. The van der Waals surface area contributed by atoms with E-state index >= 15 is 0 Å². The van der Waals surface area contributed by atoms with Crippen LogP contribution in [0.25, 0.3) is 22.3 Å². The Morgan fingerprint density at radius 3 is 2.02 bits per heavy atom. The highest BCUT2D eigenvalue weighted by atomic mass is 16.7. The molecule has 0 unspecified atom stereocenters. The molecule has 3 saturated heterocycles. The Hall–Kier alpha value is -3.63. The molecule has 14 atom stereocenters. The highest BCUT2D eigenvalue weighted by molar-refractivity contribution is 5.88. The molecule has 0 aliphatic carbocycles. The highest BCUT2D eigenvalue weighted by Crippen LogP contribution is 2.39. The van der Waals surface area contributed by atoms with Gasteiger partial charge in [0.05, 0.1) is 18.8 Å². The van der Waals surface area contributed by atoms with Gasteiger partial charge in [-0.15, -0.1) is 0 Å². The van der Waals surface area contributed by atoms with Gasteiger partial charge in [-0.25, -0.2) is 0 Å². The minimum atomic E-state index is -1.89. The number of rotatable bonds is 7. The third-order valence-corrected chi connectivity index (χ3v) is 8.85. The molecule has 274 valence electrons. The largest absolute Gasteiger partial charge is 0.508 e. The van der Waals surface area contributed by atoms with Crippen LogP contribution in [0.15, 0.2) is 45.6 Å². The maximum atomic E-state index is 14.0. The van der Waals surface area contributed by atoms with E-state index in [1.807, 2.05) is 0 Å². The molecule has 0 spiro atoms. The maximum Gasteiger partial charge on any atom is 0.239 e. The maximum absolute atomic E-state index is 14.0. The lowest BCUT2D eigenvalue weighted by Gasteiger charge is -2.44. The van der Waals surface area contributed by atoms with Gasteiger partial charge in [0.1, 0.15) is 83.2 Å². The molecule has 3 aromatic rings. The normalized spacial score (nSPS) is 37.8. The molecule has 0 bridgehead atoms. The molecule has 6 rings (SSSR count). The molecular weight excluding hydrogens is 672 g/mol. The van der Waals surface area contributed by atoms with Crippen molar-refractivity contribution in [1.29, 1.82) is 0 Å². The van der Waals surface area contributed by atoms with Crippen LogP contribution in [0.3, 0.4) is 0 Å². The molecule has 0 amide bonds. The summed E-state index contributed by atoms with van der Waals surface area (Å²) >= 11 is 0. The molecule has 3 aliphatic rings. The van der Waals surface area contributed by atoms with Crippen molar-refractivity contribution in [3.05, 3.63) is 46.6 Å². The number of ether oxygens (including phenoxy) is 6. The quantitative estimate of drug-likeness (QED) is 0.124. The Balaban J connectivity index is 1.31. The molecular formula is C32H38O18. The van der Waals surface area contributed by atoms with Crippen molar-refractivity contribution in [3.8, 4) is 34.3 Å². The summed E-state index contributed by atoms with van der Waals surface area (Å²) < 4.78 is 39.6. The monoisotopic (exact) mass is 710 g/mol. The summed E-state index contributed by atoms with van der Waals surface area (Å²) in [6, 6.07) is 7.56. The third kappa shape index (κ3) is 6.73. The third-order valence-electron chi connectivity index (χ3n) is 8.85. The van der Waals surface area contributed by atoms with Gasteiger partial charge in [0.15, 0.2) is 12.1 Å². The minimum Gasteiger partial charge on any atom is -0.508 e. The summed E-state index contributed by atoms with van der Waals surface area (Å²) in [5.41, 5.74) is -1.02. The van der Waals surface area contributed by atoms with Gasteiger partial charge in [0.25, 0.3) is 0 Å². The van der Waals surface area contributed by atoms with Gasteiger partial charge in [-0.2, -0.15) is 0 Å². The Morgan fingerprint density at radius 2 is 1.32 bits per heavy atom.